The Morgan fingerprint density at radius 1 is 1.53 bits per heavy atom. The van der Waals surface area contributed by atoms with Crippen LogP contribution in [0, 0.1) is 5.92 Å². The lowest BCUT2D eigenvalue weighted by molar-refractivity contribution is -0.149. The van der Waals surface area contributed by atoms with Gasteiger partial charge in [-0.3, -0.25) is 4.79 Å². The average Bonchev–Trinajstić information content (AvgIpc) is 2.75. The maximum absolute atomic E-state index is 11.6. The first kappa shape index (κ1) is 13.9. The molecule has 0 aliphatic carbocycles. The van der Waals surface area contributed by atoms with Crippen LogP contribution in [0.4, 0.5) is 0 Å². The molecule has 0 aromatic heterocycles. The fraction of sp³-hybridized carbons (Fsp3) is 0.818. The Balaban J connectivity index is 2.23. The summed E-state index contributed by atoms with van der Waals surface area (Å²) in [6.45, 7) is 2.67. The van der Waals surface area contributed by atoms with Crippen LogP contribution in [0.3, 0.4) is 0 Å². The van der Waals surface area contributed by atoms with E-state index < -0.39 is 12.1 Å². The standard InChI is InChI=1S/C11H20N2O4/c1-7(4-5-12)10(14)13-6-8-2-3-9(17-8)11(15)16/h7-9H,2-6,12H2,1H3,(H,13,14)(H,15,16). The van der Waals surface area contributed by atoms with Gasteiger partial charge in [-0.05, 0) is 25.8 Å². The van der Waals surface area contributed by atoms with E-state index in [1.807, 2.05) is 6.92 Å². The second-order valence-corrected chi connectivity index (χ2v) is 4.39. The largest absolute Gasteiger partial charge is 0.479 e. The zero-order valence-electron chi connectivity index (χ0n) is 10.0. The lowest BCUT2D eigenvalue weighted by atomic mass is 10.1. The molecule has 4 N–H and O–H groups in total. The van der Waals surface area contributed by atoms with E-state index >= 15 is 0 Å². The van der Waals surface area contributed by atoms with Crippen LogP contribution in [0.25, 0.3) is 0 Å². The first-order valence-electron chi connectivity index (χ1n) is 5.90. The Labute approximate surface area is 101 Å². The molecule has 1 saturated heterocycles. The fourth-order valence-corrected chi connectivity index (χ4v) is 1.81. The molecule has 0 bridgehead atoms. The Bertz CT molecular complexity index is 283. The Hall–Kier alpha value is -1.14. The van der Waals surface area contributed by atoms with Gasteiger partial charge in [0.1, 0.15) is 0 Å². The minimum atomic E-state index is -0.935. The lowest BCUT2D eigenvalue weighted by Gasteiger charge is -2.15. The highest BCUT2D eigenvalue weighted by atomic mass is 16.5. The second-order valence-electron chi connectivity index (χ2n) is 4.39. The van der Waals surface area contributed by atoms with Crippen LogP contribution in [-0.2, 0) is 14.3 Å². The van der Waals surface area contributed by atoms with Crippen molar-refractivity contribution in [2.45, 2.75) is 38.4 Å². The molecule has 3 atom stereocenters. The number of aliphatic carboxylic acids is 1. The van der Waals surface area contributed by atoms with E-state index in [2.05, 4.69) is 5.32 Å². The number of nitrogens with two attached hydrogens (primary N) is 1. The molecule has 6 heteroatoms. The van der Waals surface area contributed by atoms with Crippen molar-refractivity contribution in [3.05, 3.63) is 0 Å². The molecule has 1 aliphatic rings. The fourth-order valence-electron chi connectivity index (χ4n) is 1.81. The minimum Gasteiger partial charge on any atom is -0.479 e. The summed E-state index contributed by atoms with van der Waals surface area (Å²) < 4.78 is 5.27. The van der Waals surface area contributed by atoms with Crippen molar-refractivity contribution in [2.75, 3.05) is 13.1 Å². The Morgan fingerprint density at radius 3 is 2.76 bits per heavy atom. The van der Waals surface area contributed by atoms with Crippen LogP contribution < -0.4 is 11.1 Å². The van der Waals surface area contributed by atoms with E-state index in [0.29, 0.717) is 32.4 Å². The number of amides is 1. The normalized spacial score (nSPS) is 25.5. The van der Waals surface area contributed by atoms with Crippen LogP contribution in [0.2, 0.25) is 0 Å². The van der Waals surface area contributed by atoms with E-state index in [1.54, 1.807) is 0 Å². The Morgan fingerprint density at radius 2 is 2.24 bits per heavy atom. The number of hydrogen-bond acceptors (Lipinski definition) is 4. The molecular weight excluding hydrogens is 224 g/mol. The molecule has 0 radical (unpaired) electrons. The van der Waals surface area contributed by atoms with Gasteiger partial charge < -0.3 is 20.9 Å². The van der Waals surface area contributed by atoms with Crippen molar-refractivity contribution in [3.8, 4) is 0 Å². The van der Waals surface area contributed by atoms with Gasteiger partial charge in [-0.25, -0.2) is 4.79 Å². The van der Waals surface area contributed by atoms with Crippen LogP contribution in [0.5, 0.6) is 0 Å². The zero-order valence-corrected chi connectivity index (χ0v) is 10.0. The lowest BCUT2D eigenvalue weighted by Crippen LogP contribution is -2.36. The summed E-state index contributed by atoms with van der Waals surface area (Å²) in [5.41, 5.74) is 5.37. The molecule has 1 rings (SSSR count). The first-order valence-corrected chi connectivity index (χ1v) is 5.90. The molecule has 6 nitrogen and oxygen atoms in total. The molecule has 17 heavy (non-hydrogen) atoms. The number of carbonyl (C=O) groups is 2. The molecule has 3 unspecified atom stereocenters. The Kier molecular flexibility index (Phi) is 5.37. The highest BCUT2D eigenvalue weighted by molar-refractivity contribution is 5.78. The molecule has 0 aromatic carbocycles. The molecule has 1 amide bonds. The van der Waals surface area contributed by atoms with E-state index in [4.69, 9.17) is 15.6 Å². The smallest absolute Gasteiger partial charge is 0.332 e. The van der Waals surface area contributed by atoms with Gasteiger partial charge in [-0.1, -0.05) is 6.92 Å². The highest BCUT2D eigenvalue weighted by Gasteiger charge is 2.30. The number of ether oxygens (including phenoxy) is 1. The number of carbonyl (C=O) groups excluding carboxylic acids is 1. The van der Waals surface area contributed by atoms with E-state index in [1.165, 1.54) is 0 Å². The number of nitrogens with one attached hydrogen (secondary N) is 1. The van der Waals surface area contributed by atoms with E-state index in [-0.39, 0.29) is 17.9 Å². The number of carboxylic acid groups (broad SMARTS) is 1. The maximum Gasteiger partial charge on any atom is 0.332 e. The monoisotopic (exact) mass is 244 g/mol. The molecule has 1 aliphatic heterocycles. The summed E-state index contributed by atoms with van der Waals surface area (Å²) in [5, 5.41) is 11.5. The summed E-state index contributed by atoms with van der Waals surface area (Å²) in [7, 11) is 0. The predicted molar refractivity (Wildman–Crippen MR) is 61.4 cm³/mol. The average molecular weight is 244 g/mol. The molecule has 0 aromatic rings. The van der Waals surface area contributed by atoms with Gasteiger partial charge in [-0.2, -0.15) is 0 Å². The minimum absolute atomic E-state index is 0.0576. The van der Waals surface area contributed by atoms with Crippen LogP contribution in [0.15, 0.2) is 0 Å². The molecule has 0 saturated carbocycles. The third-order valence-electron chi connectivity index (χ3n) is 2.93. The highest BCUT2D eigenvalue weighted by Crippen LogP contribution is 2.19. The van der Waals surface area contributed by atoms with Gasteiger partial charge in [0.15, 0.2) is 6.10 Å². The molecular formula is C11H20N2O4. The SMILES string of the molecule is CC(CCN)C(=O)NCC1CCC(C(=O)O)O1. The van der Waals surface area contributed by atoms with Gasteiger partial charge in [-0.15, -0.1) is 0 Å². The van der Waals surface area contributed by atoms with Gasteiger partial charge in [0, 0.05) is 12.5 Å². The van der Waals surface area contributed by atoms with Crippen molar-refractivity contribution in [2.24, 2.45) is 11.7 Å². The summed E-state index contributed by atoms with van der Waals surface area (Å²) >= 11 is 0. The van der Waals surface area contributed by atoms with Gasteiger partial charge in [0.2, 0.25) is 5.91 Å². The first-order chi connectivity index (χ1) is 8.04. The quantitative estimate of drug-likeness (QED) is 0.596. The summed E-state index contributed by atoms with van der Waals surface area (Å²) in [5.74, 6) is -1.11. The zero-order chi connectivity index (χ0) is 12.8. The topological polar surface area (TPSA) is 102 Å². The predicted octanol–water partition coefficient (Wildman–Crippen LogP) is -0.280. The summed E-state index contributed by atoms with van der Waals surface area (Å²) in [6.07, 6.45) is 0.912. The van der Waals surface area contributed by atoms with E-state index in [9.17, 15) is 9.59 Å². The van der Waals surface area contributed by atoms with Gasteiger partial charge >= 0.3 is 5.97 Å². The third-order valence-corrected chi connectivity index (χ3v) is 2.93. The van der Waals surface area contributed by atoms with Crippen molar-refractivity contribution in [3.63, 3.8) is 0 Å². The van der Waals surface area contributed by atoms with Crippen LogP contribution in [0.1, 0.15) is 26.2 Å². The third kappa shape index (κ3) is 4.32. The molecule has 0 spiro atoms. The molecule has 98 valence electrons. The number of hydrogen-bond donors (Lipinski definition) is 3. The van der Waals surface area contributed by atoms with Crippen molar-refractivity contribution >= 4 is 11.9 Å². The number of rotatable bonds is 6. The summed E-state index contributed by atoms with van der Waals surface area (Å²) in [4.78, 5) is 22.2. The van der Waals surface area contributed by atoms with Crippen LogP contribution in [-0.4, -0.2) is 42.3 Å². The maximum atomic E-state index is 11.6. The van der Waals surface area contributed by atoms with Gasteiger partial charge in [0.25, 0.3) is 0 Å². The van der Waals surface area contributed by atoms with Gasteiger partial charge in [0.05, 0.1) is 6.10 Å². The van der Waals surface area contributed by atoms with Crippen LogP contribution >= 0.6 is 0 Å². The second kappa shape index (κ2) is 6.56. The van der Waals surface area contributed by atoms with Crippen molar-refractivity contribution in [1.29, 1.82) is 0 Å². The van der Waals surface area contributed by atoms with Crippen molar-refractivity contribution < 1.29 is 19.4 Å². The molecule has 1 fully saturated rings. The summed E-state index contributed by atoms with van der Waals surface area (Å²) in [6, 6.07) is 0. The molecule has 1 heterocycles. The van der Waals surface area contributed by atoms with E-state index in [0.717, 1.165) is 0 Å². The number of carboxylic acids is 1. The van der Waals surface area contributed by atoms with Crippen molar-refractivity contribution in [1.82, 2.24) is 5.32 Å².